The van der Waals surface area contributed by atoms with Crippen LogP contribution in [0.3, 0.4) is 0 Å². The van der Waals surface area contributed by atoms with Gasteiger partial charge >= 0.3 is 5.97 Å². The van der Waals surface area contributed by atoms with Gasteiger partial charge in [0, 0.05) is 6.42 Å². The Morgan fingerprint density at radius 3 is 1.28 bits per heavy atom. The highest BCUT2D eigenvalue weighted by Crippen LogP contribution is 2.26. The number of aliphatic hydroxyl groups excluding tert-OH is 5. The maximum atomic E-state index is 13.4. The first-order chi connectivity index (χ1) is 37.2. The number of amides is 1. The summed E-state index contributed by atoms with van der Waals surface area (Å²) in [5.41, 5.74) is 0. The van der Waals surface area contributed by atoms with Crippen molar-refractivity contribution in [2.75, 3.05) is 13.2 Å². The van der Waals surface area contributed by atoms with Gasteiger partial charge in [0.15, 0.2) is 12.4 Å². The number of ether oxygens (including phenoxy) is 3. The smallest absolute Gasteiger partial charge is 0.306 e. The molecule has 76 heavy (non-hydrogen) atoms. The number of aliphatic hydroxyl groups is 5. The van der Waals surface area contributed by atoms with Gasteiger partial charge in [-0.3, -0.25) is 9.59 Å². The lowest BCUT2D eigenvalue weighted by atomic mass is 9.99. The van der Waals surface area contributed by atoms with E-state index in [-0.39, 0.29) is 19.4 Å². The Morgan fingerprint density at radius 1 is 0.500 bits per heavy atom. The number of carbonyl (C=O) groups excluding carboxylic acids is 2. The van der Waals surface area contributed by atoms with Gasteiger partial charge in [-0.15, -0.1) is 0 Å². The maximum absolute atomic E-state index is 13.4. The van der Waals surface area contributed by atoms with Crippen LogP contribution in [-0.4, -0.2) is 99.6 Å². The Kier molecular flexibility index (Phi) is 50.6. The van der Waals surface area contributed by atoms with E-state index in [1.165, 1.54) is 199 Å². The minimum Gasteiger partial charge on any atom is -0.454 e. The Hall–Kier alpha value is -2.12. The summed E-state index contributed by atoms with van der Waals surface area (Å²) < 4.78 is 17.6. The van der Waals surface area contributed by atoms with Crippen LogP contribution in [0.5, 0.6) is 0 Å². The number of hydrogen-bond acceptors (Lipinski definition) is 10. The molecule has 1 saturated heterocycles. The summed E-state index contributed by atoms with van der Waals surface area (Å²) in [5, 5.41) is 56.9. The number of esters is 1. The zero-order valence-electron chi connectivity index (χ0n) is 49.4. The van der Waals surface area contributed by atoms with Crippen LogP contribution in [0.4, 0.5) is 0 Å². The second kappa shape index (κ2) is 53.5. The van der Waals surface area contributed by atoms with Gasteiger partial charge in [0.05, 0.1) is 25.4 Å². The van der Waals surface area contributed by atoms with Crippen molar-refractivity contribution in [3.05, 3.63) is 36.5 Å². The van der Waals surface area contributed by atoms with Crippen molar-refractivity contribution in [1.82, 2.24) is 5.32 Å². The van der Waals surface area contributed by atoms with Gasteiger partial charge in [0.25, 0.3) is 0 Å². The molecular formula is C65H121NO10. The highest BCUT2D eigenvalue weighted by atomic mass is 16.7. The van der Waals surface area contributed by atoms with Crippen molar-refractivity contribution in [2.24, 2.45) is 0 Å². The van der Waals surface area contributed by atoms with Crippen LogP contribution < -0.4 is 5.32 Å². The predicted molar refractivity (Wildman–Crippen MR) is 315 cm³/mol. The van der Waals surface area contributed by atoms with E-state index in [9.17, 15) is 35.1 Å². The van der Waals surface area contributed by atoms with Gasteiger partial charge in [-0.2, -0.15) is 0 Å². The van der Waals surface area contributed by atoms with Crippen molar-refractivity contribution in [1.29, 1.82) is 0 Å². The molecular weight excluding hydrogens is 955 g/mol. The molecule has 1 amide bonds. The molecule has 1 aliphatic heterocycles. The minimum absolute atomic E-state index is 0.125. The Bertz CT molecular complexity index is 1380. The lowest BCUT2D eigenvalue weighted by molar-refractivity contribution is -0.305. The topological polar surface area (TPSA) is 175 Å². The van der Waals surface area contributed by atoms with E-state index in [4.69, 9.17) is 14.2 Å². The van der Waals surface area contributed by atoms with Crippen molar-refractivity contribution >= 4 is 11.9 Å². The summed E-state index contributed by atoms with van der Waals surface area (Å²) in [5.74, 6) is -1.20. The van der Waals surface area contributed by atoms with Gasteiger partial charge in [-0.1, -0.05) is 256 Å². The first-order valence-electron chi connectivity index (χ1n) is 32.3. The van der Waals surface area contributed by atoms with Gasteiger partial charge in [0.2, 0.25) is 5.91 Å². The fraction of sp³-hybridized carbons (Fsp3) is 0.877. The molecule has 1 heterocycles. The molecule has 0 radical (unpaired) electrons. The average molecular weight is 1080 g/mol. The summed E-state index contributed by atoms with van der Waals surface area (Å²) in [4.78, 5) is 26.5. The molecule has 1 rings (SSSR count). The Morgan fingerprint density at radius 2 is 0.868 bits per heavy atom. The molecule has 8 unspecified atom stereocenters. The first kappa shape index (κ1) is 71.9. The Labute approximate surface area is 466 Å². The maximum Gasteiger partial charge on any atom is 0.306 e. The van der Waals surface area contributed by atoms with Crippen molar-refractivity contribution in [3.8, 4) is 0 Å². The second-order valence-electron chi connectivity index (χ2n) is 22.5. The molecule has 0 saturated carbocycles. The van der Waals surface area contributed by atoms with E-state index in [1.54, 1.807) is 6.08 Å². The van der Waals surface area contributed by atoms with Crippen molar-refractivity contribution in [2.45, 2.75) is 352 Å². The van der Waals surface area contributed by atoms with Gasteiger partial charge in [0.1, 0.15) is 24.4 Å². The molecule has 0 aliphatic carbocycles. The van der Waals surface area contributed by atoms with Gasteiger partial charge in [-0.25, -0.2) is 0 Å². The van der Waals surface area contributed by atoms with Crippen LogP contribution in [0, 0.1) is 0 Å². The van der Waals surface area contributed by atoms with Crippen LogP contribution >= 0.6 is 0 Å². The molecule has 11 heteroatoms. The Balaban J connectivity index is 2.59. The number of carbonyl (C=O) groups is 2. The normalized spacial score (nSPS) is 19.3. The lowest BCUT2D eigenvalue weighted by Crippen LogP contribution is -2.61. The third kappa shape index (κ3) is 41.0. The van der Waals surface area contributed by atoms with Crippen molar-refractivity contribution in [3.63, 3.8) is 0 Å². The number of allylic oxidation sites excluding steroid dienone is 5. The summed E-state index contributed by atoms with van der Waals surface area (Å²) in [6.45, 7) is 5.78. The van der Waals surface area contributed by atoms with E-state index in [0.717, 1.165) is 57.8 Å². The van der Waals surface area contributed by atoms with Gasteiger partial charge in [-0.05, 0) is 77.0 Å². The molecule has 1 fully saturated rings. The molecule has 1 aliphatic rings. The highest BCUT2D eigenvalue weighted by Gasteiger charge is 2.47. The van der Waals surface area contributed by atoms with E-state index < -0.39 is 67.4 Å². The zero-order valence-corrected chi connectivity index (χ0v) is 49.4. The largest absolute Gasteiger partial charge is 0.454 e. The standard InChI is InChI=1S/C65H121NO10/c1-4-7-10-13-16-19-22-24-25-26-27-28-29-30-31-32-33-35-38-41-44-47-50-53-60(70)76-63-62(72)61(71)59(54-67)75-65(63)74-55-56(57(68)51-48-45-42-39-36-21-18-15-12-9-6-3)66-64(73)58(69)52-49-46-43-40-37-34-23-20-17-14-11-8-5-2/h24-25,37,40,48,51,56-59,61-63,65,67-69,71-72H,4-23,26-36,38-39,41-47,49-50,52-55H2,1-3H3,(H,66,73)/b25-24+,40-37-,51-48+. The molecule has 0 spiro atoms. The van der Waals surface area contributed by atoms with Crippen LogP contribution in [0.15, 0.2) is 36.5 Å². The summed E-state index contributed by atoms with van der Waals surface area (Å²) in [7, 11) is 0. The predicted octanol–water partition coefficient (Wildman–Crippen LogP) is 15.5. The first-order valence-corrected chi connectivity index (χ1v) is 32.3. The SMILES string of the molecule is CCCCCCCC/C=C/CCCCCCCCCCCCCCCC(=O)OC1C(OCC(NC(=O)C(O)CCCC/C=C\CCCCCCCCC)C(O)/C=C/CCCCCCCCCCC)OC(CO)C(O)C1O. The average Bonchev–Trinajstić information content (AvgIpc) is 3.42. The molecule has 11 nitrogen and oxygen atoms in total. The highest BCUT2D eigenvalue weighted by molar-refractivity contribution is 5.80. The summed E-state index contributed by atoms with van der Waals surface area (Å²) in [6.07, 6.45) is 53.4. The fourth-order valence-corrected chi connectivity index (χ4v) is 10.1. The van der Waals surface area contributed by atoms with E-state index in [1.807, 2.05) is 6.08 Å². The van der Waals surface area contributed by atoms with E-state index in [0.29, 0.717) is 12.8 Å². The molecule has 0 aromatic heterocycles. The molecule has 0 aromatic rings. The number of hydrogen-bond donors (Lipinski definition) is 6. The molecule has 6 N–H and O–H groups in total. The quantitative estimate of drug-likeness (QED) is 0.0195. The molecule has 8 atom stereocenters. The molecule has 0 bridgehead atoms. The second-order valence-corrected chi connectivity index (χ2v) is 22.5. The lowest BCUT2D eigenvalue weighted by Gasteiger charge is -2.41. The fourth-order valence-electron chi connectivity index (χ4n) is 10.1. The minimum atomic E-state index is -1.61. The third-order valence-corrected chi connectivity index (χ3v) is 15.3. The van der Waals surface area contributed by atoms with Crippen LogP contribution in [0.1, 0.15) is 303 Å². The van der Waals surface area contributed by atoms with Crippen LogP contribution in [0.2, 0.25) is 0 Å². The van der Waals surface area contributed by atoms with Gasteiger partial charge < -0.3 is 45.1 Å². The van der Waals surface area contributed by atoms with Crippen LogP contribution in [0.25, 0.3) is 0 Å². The monoisotopic (exact) mass is 1080 g/mol. The number of unbranched alkanes of at least 4 members (excludes halogenated alkanes) is 37. The zero-order chi connectivity index (χ0) is 55.4. The summed E-state index contributed by atoms with van der Waals surface area (Å²) >= 11 is 0. The van der Waals surface area contributed by atoms with E-state index in [2.05, 4.69) is 50.4 Å². The molecule has 446 valence electrons. The van der Waals surface area contributed by atoms with Crippen LogP contribution in [-0.2, 0) is 23.8 Å². The van der Waals surface area contributed by atoms with Crippen molar-refractivity contribution < 1.29 is 49.3 Å². The summed E-state index contributed by atoms with van der Waals surface area (Å²) in [6, 6.07) is -1.03. The molecule has 0 aromatic carbocycles. The third-order valence-electron chi connectivity index (χ3n) is 15.3. The van der Waals surface area contributed by atoms with E-state index >= 15 is 0 Å². The number of rotatable bonds is 55. The number of nitrogens with one attached hydrogen (secondary N) is 1.